The Morgan fingerprint density at radius 1 is 1.16 bits per heavy atom. The number of H-pyrrole nitrogens is 1. The van der Waals surface area contributed by atoms with Crippen LogP contribution in [0.25, 0.3) is 0 Å². The molecule has 0 saturated carbocycles. The third-order valence-corrected chi connectivity index (χ3v) is 5.85. The molecular weight excluding hydrogens is 443 g/mol. The summed E-state index contributed by atoms with van der Waals surface area (Å²) >= 11 is 0. The van der Waals surface area contributed by atoms with Crippen molar-refractivity contribution in [3.05, 3.63) is 32.6 Å². The second kappa shape index (κ2) is 13.4. The summed E-state index contributed by atoms with van der Waals surface area (Å²) in [5.41, 5.74) is -1.02. The van der Waals surface area contributed by atoms with Crippen molar-refractivity contribution in [3.63, 3.8) is 0 Å². The third-order valence-electron chi connectivity index (χ3n) is 5.36. The van der Waals surface area contributed by atoms with Gasteiger partial charge in [-0.2, -0.15) is 0 Å². The molecular formula is C20H35N2O9P. The number of ether oxygens (including phenoxy) is 2. The Morgan fingerprint density at radius 2 is 1.81 bits per heavy atom. The number of aromatic amines is 1. The number of hydrogen-bond acceptors (Lipinski definition) is 7. The summed E-state index contributed by atoms with van der Waals surface area (Å²) in [4.78, 5) is 44.1. The van der Waals surface area contributed by atoms with Gasteiger partial charge >= 0.3 is 13.5 Å². The molecule has 32 heavy (non-hydrogen) atoms. The molecule has 0 bridgehead atoms. The van der Waals surface area contributed by atoms with Crippen molar-refractivity contribution >= 4 is 7.82 Å². The molecule has 0 aliphatic carbocycles. The van der Waals surface area contributed by atoms with Crippen LogP contribution in [0.3, 0.4) is 0 Å². The maximum atomic E-state index is 12.2. The van der Waals surface area contributed by atoms with Gasteiger partial charge in [0.1, 0.15) is 12.3 Å². The van der Waals surface area contributed by atoms with Crippen LogP contribution >= 0.6 is 7.82 Å². The number of phosphoric acid groups is 1. The van der Waals surface area contributed by atoms with Crippen molar-refractivity contribution in [2.75, 3.05) is 13.2 Å². The normalized spacial score (nSPS) is 21.3. The van der Waals surface area contributed by atoms with Gasteiger partial charge in [-0.1, -0.05) is 51.9 Å². The molecule has 184 valence electrons. The highest BCUT2D eigenvalue weighted by Crippen LogP contribution is 2.38. The van der Waals surface area contributed by atoms with Crippen molar-refractivity contribution in [1.82, 2.24) is 9.55 Å². The van der Waals surface area contributed by atoms with Crippen LogP contribution in [-0.2, 0) is 25.2 Å². The summed E-state index contributed by atoms with van der Waals surface area (Å²) in [6.07, 6.45) is 7.71. The van der Waals surface area contributed by atoms with E-state index < -0.39 is 44.1 Å². The molecule has 2 rings (SSSR count). The summed E-state index contributed by atoms with van der Waals surface area (Å²) in [5.74, 6) is 0. The number of nitrogens with one attached hydrogen (secondary N) is 1. The fraction of sp³-hybridized carbons (Fsp3) is 0.800. The second-order valence-electron chi connectivity index (χ2n) is 8.07. The molecule has 0 aromatic carbocycles. The first-order valence-electron chi connectivity index (χ1n) is 11.2. The minimum Gasteiger partial charge on any atom is -0.390 e. The lowest BCUT2D eigenvalue weighted by molar-refractivity contribution is -0.0453. The Morgan fingerprint density at radius 3 is 2.47 bits per heavy atom. The number of rotatable bonds is 15. The second-order valence-corrected chi connectivity index (χ2v) is 9.31. The highest BCUT2D eigenvalue weighted by molar-refractivity contribution is 7.46. The molecule has 0 spiro atoms. The molecule has 0 radical (unpaired) electrons. The van der Waals surface area contributed by atoms with E-state index in [4.69, 9.17) is 19.3 Å². The molecule has 3 atom stereocenters. The smallest absolute Gasteiger partial charge is 0.390 e. The zero-order valence-electron chi connectivity index (χ0n) is 18.5. The predicted molar refractivity (Wildman–Crippen MR) is 116 cm³/mol. The molecule has 1 unspecified atom stereocenters. The zero-order chi connectivity index (χ0) is 23.6. The van der Waals surface area contributed by atoms with E-state index in [1.54, 1.807) is 0 Å². The van der Waals surface area contributed by atoms with Gasteiger partial charge in [0.15, 0.2) is 0 Å². The quantitative estimate of drug-likeness (QED) is 0.218. The van der Waals surface area contributed by atoms with E-state index in [0.29, 0.717) is 6.61 Å². The van der Waals surface area contributed by atoms with Gasteiger partial charge in [0.2, 0.25) is 0 Å². The van der Waals surface area contributed by atoms with Gasteiger partial charge in [0.05, 0.1) is 24.9 Å². The minimum atomic E-state index is -4.71. The molecule has 1 aromatic rings. The molecule has 12 heteroatoms. The van der Waals surface area contributed by atoms with Crippen LogP contribution in [0.5, 0.6) is 0 Å². The van der Waals surface area contributed by atoms with E-state index in [9.17, 15) is 19.3 Å². The molecule has 1 fully saturated rings. The number of unbranched alkanes of at least 4 members (excludes halogenated alkanes) is 7. The maximum absolute atomic E-state index is 12.2. The van der Waals surface area contributed by atoms with E-state index in [1.807, 2.05) is 0 Å². The zero-order valence-corrected chi connectivity index (χ0v) is 19.4. The van der Waals surface area contributed by atoms with Crippen LogP contribution in [0.15, 0.2) is 15.8 Å². The predicted octanol–water partition coefficient (Wildman–Crippen LogP) is 1.95. The summed E-state index contributed by atoms with van der Waals surface area (Å²) < 4.78 is 27.5. The number of aliphatic hydroxyl groups is 1. The van der Waals surface area contributed by atoms with Crippen LogP contribution in [0.2, 0.25) is 0 Å². The average Bonchev–Trinajstić information content (AvgIpc) is 3.09. The van der Waals surface area contributed by atoms with Gasteiger partial charge in [-0.3, -0.25) is 18.9 Å². The monoisotopic (exact) mass is 478 g/mol. The van der Waals surface area contributed by atoms with Gasteiger partial charge < -0.3 is 24.4 Å². The Kier molecular flexibility index (Phi) is 11.3. The summed E-state index contributed by atoms with van der Waals surface area (Å²) in [5, 5.41) is 10.1. The molecule has 1 aliphatic heterocycles. The van der Waals surface area contributed by atoms with E-state index >= 15 is 0 Å². The topological polar surface area (TPSA) is 160 Å². The van der Waals surface area contributed by atoms with Crippen molar-refractivity contribution in [2.24, 2.45) is 0 Å². The van der Waals surface area contributed by atoms with Crippen LogP contribution in [-0.4, -0.2) is 49.9 Å². The lowest BCUT2D eigenvalue weighted by Gasteiger charge is -2.17. The van der Waals surface area contributed by atoms with E-state index in [-0.39, 0.29) is 18.6 Å². The van der Waals surface area contributed by atoms with E-state index in [0.717, 1.165) is 23.8 Å². The Balaban J connectivity index is 1.82. The fourth-order valence-corrected chi connectivity index (χ4v) is 3.91. The van der Waals surface area contributed by atoms with Crippen LogP contribution < -0.4 is 11.2 Å². The Hall–Kier alpha value is -1.33. The number of aromatic nitrogens is 2. The summed E-state index contributed by atoms with van der Waals surface area (Å²) in [7, 11) is -4.71. The van der Waals surface area contributed by atoms with Crippen molar-refractivity contribution in [3.8, 4) is 0 Å². The minimum absolute atomic E-state index is 0.000308. The van der Waals surface area contributed by atoms with Gasteiger partial charge in [0.25, 0.3) is 5.56 Å². The van der Waals surface area contributed by atoms with Crippen LogP contribution in [0.1, 0.15) is 76.5 Å². The van der Waals surface area contributed by atoms with E-state index in [1.165, 1.54) is 38.3 Å². The standard InChI is InChI=1S/C20H35N2O9P/c1-2-3-4-5-6-7-8-9-10-29-13-15-12-22(20(25)21-19(15)24)18-11-16(23)17(31-18)14-30-32(26,27)28/h12,16-18,23H,2-11,13-14H2,1H3,(H,21,24,25)(H2,26,27,28)/t16?,17-,18-/m1/s1. The molecule has 1 aliphatic rings. The number of hydrogen-bond donors (Lipinski definition) is 4. The third kappa shape index (κ3) is 9.27. The van der Waals surface area contributed by atoms with Gasteiger partial charge in [-0.05, 0) is 6.42 Å². The number of nitrogens with zero attached hydrogens (tertiary/aromatic N) is 1. The van der Waals surface area contributed by atoms with Crippen molar-refractivity contribution in [2.45, 2.75) is 89.8 Å². The Labute approximate surface area is 187 Å². The fourth-order valence-electron chi connectivity index (χ4n) is 3.57. The first kappa shape index (κ1) is 26.9. The first-order valence-corrected chi connectivity index (χ1v) is 12.7. The number of aliphatic hydroxyl groups excluding tert-OH is 1. The van der Waals surface area contributed by atoms with E-state index in [2.05, 4.69) is 16.4 Å². The van der Waals surface area contributed by atoms with Gasteiger partial charge in [-0.25, -0.2) is 9.36 Å². The lowest BCUT2D eigenvalue weighted by atomic mass is 10.1. The van der Waals surface area contributed by atoms with Crippen LogP contribution in [0.4, 0.5) is 0 Å². The molecule has 1 saturated heterocycles. The molecule has 11 nitrogen and oxygen atoms in total. The first-order chi connectivity index (χ1) is 15.2. The molecule has 1 aromatic heterocycles. The van der Waals surface area contributed by atoms with Crippen molar-refractivity contribution < 1.29 is 33.5 Å². The average molecular weight is 478 g/mol. The number of phosphoric ester groups is 1. The lowest BCUT2D eigenvalue weighted by Crippen LogP contribution is -2.34. The summed E-state index contributed by atoms with van der Waals surface area (Å²) in [6, 6.07) is 0. The maximum Gasteiger partial charge on any atom is 0.469 e. The van der Waals surface area contributed by atoms with Crippen molar-refractivity contribution in [1.29, 1.82) is 0 Å². The highest BCUT2D eigenvalue weighted by Gasteiger charge is 2.37. The summed E-state index contributed by atoms with van der Waals surface area (Å²) in [6.45, 7) is 2.20. The van der Waals surface area contributed by atoms with Gasteiger partial charge in [0, 0.05) is 19.2 Å². The highest BCUT2D eigenvalue weighted by atomic mass is 31.2. The molecule has 2 heterocycles. The largest absolute Gasteiger partial charge is 0.469 e. The Bertz CT molecular complexity index is 850. The van der Waals surface area contributed by atoms with Gasteiger partial charge in [-0.15, -0.1) is 0 Å². The van der Waals surface area contributed by atoms with Crippen LogP contribution in [0, 0.1) is 0 Å². The SMILES string of the molecule is CCCCCCCCCCOCc1cn([C@H]2CC(O)[C@@H](COP(=O)(O)O)O2)c(=O)[nH]c1=O. The molecule has 4 N–H and O–H groups in total. The molecule has 0 amide bonds.